The maximum atomic E-state index is 14.7. The fraction of sp³-hybridized carbons (Fsp3) is 0.312. The highest BCUT2D eigenvalue weighted by Crippen LogP contribution is 2.61. The number of carbonyl (C=O) groups excluding carboxylic acids is 3. The molecule has 0 aromatic heterocycles. The van der Waals surface area contributed by atoms with Gasteiger partial charge in [0.15, 0.2) is 17.0 Å². The van der Waals surface area contributed by atoms with Crippen LogP contribution in [0, 0.1) is 16.7 Å². The van der Waals surface area contributed by atoms with Crippen LogP contribution in [0.15, 0.2) is 53.3 Å². The molecule has 1 fully saturated rings. The summed E-state index contributed by atoms with van der Waals surface area (Å²) in [5.41, 5.74) is 16.7. The summed E-state index contributed by atoms with van der Waals surface area (Å²) in [7, 11) is 6.00. The number of amides is 1. The van der Waals surface area contributed by atoms with Crippen molar-refractivity contribution >= 4 is 41.1 Å². The first-order chi connectivity index (χ1) is 21.5. The van der Waals surface area contributed by atoms with Crippen molar-refractivity contribution in [2.75, 3.05) is 33.1 Å². The summed E-state index contributed by atoms with van der Waals surface area (Å²) in [5.74, 6) is -6.89. The van der Waals surface area contributed by atoms with E-state index in [9.17, 15) is 40.1 Å². The number of nitriles is 1. The average molecular weight is 630 g/mol. The van der Waals surface area contributed by atoms with Crippen LogP contribution in [0.1, 0.15) is 28.3 Å². The van der Waals surface area contributed by atoms with Crippen LogP contribution < -0.4 is 27.8 Å². The van der Waals surface area contributed by atoms with E-state index < -0.39 is 80.6 Å². The number of nitrogens with two attached hydrogens (primary N) is 4. The van der Waals surface area contributed by atoms with Crippen molar-refractivity contribution in [2.24, 2.45) is 28.3 Å². The van der Waals surface area contributed by atoms with E-state index in [2.05, 4.69) is 0 Å². The molecule has 3 aliphatic rings. The molecule has 0 unspecified atom stereocenters. The number of rotatable bonds is 5. The number of primary amides is 1. The molecule has 1 amide bonds. The van der Waals surface area contributed by atoms with Crippen LogP contribution in [0.3, 0.4) is 0 Å². The summed E-state index contributed by atoms with van der Waals surface area (Å²) in [5, 5.41) is 57.7. The summed E-state index contributed by atoms with van der Waals surface area (Å²) in [4.78, 5) is 43.5. The Kier molecular flexibility index (Phi) is 7.39. The molecule has 14 heteroatoms. The third-order valence-corrected chi connectivity index (χ3v) is 9.41. The predicted octanol–water partition coefficient (Wildman–Crippen LogP) is -0.430. The second-order valence-corrected chi connectivity index (χ2v) is 12.2. The molecular formula is C32H35N7O7. The van der Waals surface area contributed by atoms with Gasteiger partial charge in [-0.15, -0.1) is 0 Å². The Labute approximate surface area is 264 Å². The second-order valence-electron chi connectivity index (χ2n) is 12.2. The van der Waals surface area contributed by atoms with Crippen LogP contribution in [0.4, 0.5) is 5.69 Å². The molecule has 0 heterocycles. The number of carbonyl (C=O) groups is 3. The highest BCUT2D eigenvalue weighted by Gasteiger charge is 2.79. The lowest BCUT2D eigenvalue weighted by Gasteiger charge is -2.62. The van der Waals surface area contributed by atoms with Crippen molar-refractivity contribution < 1.29 is 34.8 Å². The Morgan fingerprint density at radius 3 is 2.17 bits per heavy atom. The van der Waals surface area contributed by atoms with E-state index in [1.807, 2.05) is 30.3 Å². The van der Waals surface area contributed by atoms with Gasteiger partial charge < -0.3 is 48.3 Å². The molecule has 14 nitrogen and oxygen atoms in total. The number of phenolic OH excluding ortho intramolecular Hbond substituents is 1. The Morgan fingerprint density at radius 2 is 1.65 bits per heavy atom. The van der Waals surface area contributed by atoms with Crippen LogP contribution in [0.25, 0.3) is 17.9 Å². The first-order valence-corrected chi connectivity index (χ1v) is 14.1. The minimum absolute atomic E-state index is 0.0316. The number of hydrogen-bond donors (Lipinski definition) is 8. The zero-order valence-electron chi connectivity index (χ0n) is 25.5. The molecule has 46 heavy (non-hydrogen) atoms. The van der Waals surface area contributed by atoms with Crippen molar-refractivity contribution in [1.82, 2.24) is 4.90 Å². The van der Waals surface area contributed by atoms with E-state index in [4.69, 9.17) is 22.9 Å². The molecule has 0 saturated heterocycles. The monoisotopic (exact) mass is 629 g/mol. The van der Waals surface area contributed by atoms with Gasteiger partial charge in [0.25, 0.3) is 5.91 Å². The van der Waals surface area contributed by atoms with Crippen LogP contribution in [-0.2, 0) is 14.4 Å². The van der Waals surface area contributed by atoms with Gasteiger partial charge in [-0.3, -0.25) is 19.3 Å². The number of ketones is 2. The zero-order valence-corrected chi connectivity index (χ0v) is 25.5. The molecule has 0 radical (unpaired) electrons. The lowest BCUT2D eigenvalue weighted by Crippen LogP contribution is -2.87. The average Bonchev–Trinajstić information content (AvgIpc) is 2.98. The molecule has 2 aromatic rings. The highest BCUT2D eigenvalue weighted by molar-refractivity contribution is 6.26. The number of Topliss-reactive ketones (excluding diaryl/α,β-unsaturated/α-hetero) is 2. The minimum atomic E-state index is -3.06. The summed E-state index contributed by atoms with van der Waals surface area (Å²) >= 11 is 0. The van der Waals surface area contributed by atoms with Crippen LogP contribution >= 0.6 is 0 Å². The van der Waals surface area contributed by atoms with Gasteiger partial charge in [-0.05, 0) is 25.7 Å². The number of aliphatic hydroxyl groups excluding tert-OH is 3. The predicted molar refractivity (Wildman–Crippen MR) is 169 cm³/mol. The number of benzene rings is 2. The van der Waals surface area contributed by atoms with E-state index in [0.717, 1.165) is 10.5 Å². The van der Waals surface area contributed by atoms with Crippen molar-refractivity contribution in [2.45, 2.75) is 29.3 Å². The minimum Gasteiger partial charge on any atom is -0.509 e. The lowest BCUT2D eigenvalue weighted by molar-refractivity contribution is -0.153. The van der Waals surface area contributed by atoms with Gasteiger partial charge >= 0.3 is 0 Å². The Balaban J connectivity index is 1.91. The molecule has 2 aromatic carbocycles. The molecule has 3 aliphatic carbocycles. The van der Waals surface area contributed by atoms with E-state index in [-0.39, 0.29) is 16.7 Å². The van der Waals surface area contributed by atoms with Crippen molar-refractivity contribution in [1.29, 1.82) is 5.26 Å². The Bertz CT molecular complexity index is 1840. The molecule has 12 N–H and O–H groups in total. The normalized spacial score (nSPS) is 30.7. The van der Waals surface area contributed by atoms with E-state index in [1.165, 1.54) is 14.1 Å². The Hall–Kier alpha value is -5.04. The molecule has 0 spiro atoms. The van der Waals surface area contributed by atoms with Gasteiger partial charge in [0.05, 0.1) is 34.8 Å². The van der Waals surface area contributed by atoms with Crippen LogP contribution in [0.5, 0.6) is 5.75 Å². The number of likely N-dealkylation sites (N-methyl/N-ethyl adjacent to an activating group) is 1. The number of fused-ring (bicyclic) bond motifs is 3. The van der Waals surface area contributed by atoms with E-state index in [1.54, 1.807) is 43.3 Å². The van der Waals surface area contributed by atoms with Crippen LogP contribution in [-0.4, -0.2) is 94.2 Å². The number of aromatic hydroxyl groups is 1. The second kappa shape index (κ2) is 10.5. The Morgan fingerprint density at radius 1 is 1.04 bits per heavy atom. The molecule has 1 saturated carbocycles. The number of hydrogen-bond acceptors (Lipinski definition) is 13. The highest BCUT2D eigenvalue weighted by atomic mass is 16.3. The summed E-state index contributed by atoms with van der Waals surface area (Å²) in [6.07, 6.45) is 0.978. The van der Waals surface area contributed by atoms with Gasteiger partial charge in [0.1, 0.15) is 34.5 Å². The summed E-state index contributed by atoms with van der Waals surface area (Å²) in [6.45, 7) is 0. The third-order valence-electron chi connectivity index (χ3n) is 9.41. The summed E-state index contributed by atoms with van der Waals surface area (Å²) < 4.78 is 0. The van der Waals surface area contributed by atoms with Gasteiger partial charge in [-0.2, -0.15) is 5.26 Å². The maximum absolute atomic E-state index is 14.7. The SMILES string of the molecule is CN(C)c1cc(/C=C/c2ccccc2)c(O)c2c1[C@H](N)[C@]1(N)C(=C2O)C(=O)[C@]2(C#N)C(O)=C(C(N)=O)C(=O)[C@@H](N(C)C)[C@]2(N)[C@H]1O. The zero-order chi connectivity index (χ0) is 34.3. The maximum Gasteiger partial charge on any atom is 0.255 e. The number of phenols is 1. The number of anilines is 1. The standard InChI is InChI=1S/C32H35N7O7/c1-38(2)16-12-15(11-10-14-8-6-5-7-9-14)21(40)18-17(16)24(34)31(36)20(22(18)41)27(44)30(13-33)26(43)19(28(35)45)23(42)25(39(3)4)32(30,37)29(31)46/h5-12,24-25,29,40-41,43,46H,34,36-37H2,1-4H3,(H2,35,45)/b11-10+/t24-,25+,29-,30-,31+,32-/m0/s1. The van der Waals surface area contributed by atoms with Crippen molar-refractivity contribution in [3.8, 4) is 11.8 Å². The fourth-order valence-electron chi connectivity index (χ4n) is 7.24. The number of nitrogens with zero attached hydrogens (tertiary/aromatic N) is 3. The smallest absolute Gasteiger partial charge is 0.255 e. The molecular weight excluding hydrogens is 594 g/mol. The fourth-order valence-corrected chi connectivity index (χ4v) is 7.24. The van der Waals surface area contributed by atoms with Gasteiger partial charge in [0, 0.05) is 30.9 Å². The van der Waals surface area contributed by atoms with Gasteiger partial charge in [0.2, 0.25) is 0 Å². The quantitative estimate of drug-likeness (QED) is 0.154. The molecule has 0 bridgehead atoms. The van der Waals surface area contributed by atoms with Crippen molar-refractivity contribution in [3.05, 3.63) is 75.6 Å². The lowest BCUT2D eigenvalue weighted by atomic mass is 9.45. The molecule has 6 atom stereocenters. The van der Waals surface area contributed by atoms with E-state index >= 15 is 0 Å². The molecule has 240 valence electrons. The molecule has 0 aliphatic heterocycles. The van der Waals surface area contributed by atoms with Gasteiger partial charge in [-0.25, -0.2) is 0 Å². The largest absolute Gasteiger partial charge is 0.509 e. The molecule has 5 rings (SSSR count). The van der Waals surface area contributed by atoms with E-state index in [0.29, 0.717) is 5.69 Å². The third kappa shape index (κ3) is 3.77. The van der Waals surface area contributed by atoms with Crippen molar-refractivity contribution in [3.63, 3.8) is 0 Å². The van der Waals surface area contributed by atoms with Gasteiger partial charge in [-0.1, -0.05) is 42.5 Å². The first-order valence-electron chi connectivity index (χ1n) is 14.1. The topological polar surface area (TPSA) is 266 Å². The number of aliphatic hydroxyl groups is 3. The first kappa shape index (κ1) is 32.4. The summed E-state index contributed by atoms with van der Waals surface area (Å²) in [6, 6.07) is 8.94. The van der Waals surface area contributed by atoms with Crippen LogP contribution in [0.2, 0.25) is 0 Å².